The zero-order chi connectivity index (χ0) is 13.9. The van der Waals surface area contributed by atoms with E-state index in [0.29, 0.717) is 5.56 Å². The van der Waals surface area contributed by atoms with Gasteiger partial charge in [0, 0.05) is 0 Å². The number of benzene rings is 1. The lowest BCUT2D eigenvalue weighted by Gasteiger charge is -2.12. The lowest BCUT2D eigenvalue weighted by Crippen LogP contribution is -2.20. The normalized spacial score (nSPS) is 10.1. The van der Waals surface area contributed by atoms with Crippen LogP contribution in [0.1, 0.15) is 22.8 Å². The summed E-state index contributed by atoms with van der Waals surface area (Å²) in [6, 6.07) is 1.47. The lowest BCUT2D eigenvalue weighted by atomic mass is 10.0. The Morgan fingerprint density at radius 2 is 2.06 bits per heavy atom. The smallest absolute Gasteiger partial charge is 0.379 e. The summed E-state index contributed by atoms with van der Waals surface area (Å²) in [6.45, 7) is 3.25. The Labute approximate surface area is 112 Å². The molecule has 1 aromatic rings. The van der Waals surface area contributed by atoms with Gasteiger partial charge in [-0.3, -0.25) is 4.79 Å². The molecule has 0 aliphatic carbocycles. The van der Waals surface area contributed by atoms with E-state index in [2.05, 4.69) is 20.7 Å². The number of aryl methyl sites for hydroxylation is 1. The molecule has 98 valence electrons. The van der Waals surface area contributed by atoms with Crippen LogP contribution in [0.5, 0.6) is 5.75 Å². The number of methoxy groups -OCH3 is 1. The molecule has 0 atom stereocenters. The largest absolute Gasteiger partial charge is 0.496 e. The third-order valence-electron chi connectivity index (χ3n) is 2.25. The first-order chi connectivity index (χ1) is 8.43. The molecule has 0 fully saturated rings. The van der Waals surface area contributed by atoms with Crippen LogP contribution >= 0.6 is 15.9 Å². The summed E-state index contributed by atoms with van der Waals surface area (Å²) in [5.74, 6) is -2.97. The van der Waals surface area contributed by atoms with E-state index in [0.717, 1.165) is 0 Å². The van der Waals surface area contributed by atoms with Crippen molar-refractivity contribution in [3.63, 3.8) is 0 Å². The summed E-state index contributed by atoms with van der Waals surface area (Å²) in [4.78, 5) is 23.2. The molecule has 0 bridgehead atoms. The standard InChI is InChI=1S/C12H12BrFO4/c1-4-18-12(16)10(15)8-9(14)7(13)5-6(2)11(8)17-3/h5H,4H2,1-3H3. The van der Waals surface area contributed by atoms with Gasteiger partial charge in [-0.05, 0) is 41.4 Å². The number of esters is 1. The minimum absolute atomic E-state index is 0.0359. The highest BCUT2D eigenvalue weighted by atomic mass is 79.9. The topological polar surface area (TPSA) is 52.6 Å². The zero-order valence-electron chi connectivity index (χ0n) is 10.2. The second kappa shape index (κ2) is 5.95. The Morgan fingerprint density at radius 3 is 2.56 bits per heavy atom. The fourth-order valence-corrected chi connectivity index (χ4v) is 2.04. The van der Waals surface area contributed by atoms with Crippen LogP contribution in [0, 0.1) is 12.7 Å². The van der Waals surface area contributed by atoms with Crippen molar-refractivity contribution >= 4 is 27.7 Å². The highest BCUT2D eigenvalue weighted by Crippen LogP contribution is 2.32. The molecule has 0 amide bonds. The van der Waals surface area contributed by atoms with Crippen LogP contribution in [0.4, 0.5) is 4.39 Å². The van der Waals surface area contributed by atoms with Gasteiger partial charge in [0.25, 0.3) is 5.78 Å². The van der Waals surface area contributed by atoms with Crippen LogP contribution in [0.2, 0.25) is 0 Å². The number of carbonyl (C=O) groups is 2. The number of hydrogen-bond donors (Lipinski definition) is 0. The van der Waals surface area contributed by atoms with Crippen molar-refractivity contribution in [2.24, 2.45) is 0 Å². The van der Waals surface area contributed by atoms with Gasteiger partial charge in [0.15, 0.2) is 5.82 Å². The molecule has 6 heteroatoms. The Bertz CT molecular complexity index is 499. The minimum atomic E-state index is -1.10. The number of rotatable bonds is 4. The molecule has 1 rings (SSSR count). The predicted molar refractivity (Wildman–Crippen MR) is 66.4 cm³/mol. The van der Waals surface area contributed by atoms with Crippen LogP contribution in [-0.2, 0) is 9.53 Å². The maximum atomic E-state index is 13.9. The number of ether oxygens (including phenoxy) is 2. The lowest BCUT2D eigenvalue weighted by molar-refractivity contribution is -0.137. The molecule has 0 radical (unpaired) electrons. The molecular weight excluding hydrogens is 307 g/mol. The summed E-state index contributed by atoms with van der Waals surface area (Å²) in [6.07, 6.45) is 0. The molecule has 0 heterocycles. The van der Waals surface area contributed by atoms with Crippen LogP contribution < -0.4 is 4.74 Å². The van der Waals surface area contributed by atoms with E-state index in [-0.39, 0.29) is 16.8 Å². The van der Waals surface area contributed by atoms with E-state index >= 15 is 0 Å². The third-order valence-corrected chi connectivity index (χ3v) is 2.83. The van der Waals surface area contributed by atoms with Gasteiger partial charge in [0.1, 0.15) is 11.3 Å². The Balaban J connectivity index is 3.38. The number of hydrogen-bond acceptors (Lipinski definition) is 4. The summed E-state index contributed by atoms with van der Waals surface area (Å²) < 4.78 is 23.6. The summed E-state index contributed by atoms with van der Waals surface area (Å²) in [5.41, 5.74) is 0.126. The second-order valence-corrected chi connectivity index (χ2v) is 4.30. The summed E-state index contributed by atoms with van der Waals surface area (Å²) >= 11 is 2.98. The predicted octanol–water partition coefficient (Wildman–Crippen LogP) is 2.65. The van der Waals surface area contributed by atoms with E-state index in [1.54, 1.807) is 13.8 Å². The SMILES string of the molecule is CCOC(=O)C(=O)c1c(F)c(Br)cc(C)c1OC. The van der Waals surface area contributed by atoms with Crippen molar-refractivity contribution in [1.29, 1.82) is 0 Å². The van der Waals surface area contributed by atoms with Crippen LogP contribution in [-0.4, -0.2) is 25.5 Å². The van der Waals surface area contributed by atoms with E-state index in [1.807, 2.05) is 0 Å². The number of halogens is 2. The van der Waals surface area contributed by atoms with Crippen molar-refractivity contribution < 1.29 is 23.5 Å². The third kappa shape index (κ3) is 2.69. The first-order valence-electron chi connectivity index (χ1n) is 5.18. The average molecular weight is 319 g/mol. The van der Waals surface area contributed by atoms with Crippen molar-refractivity contribution in [3.8, 4) is 5.75 Å². The van der Waals surface area contributed by atoms with Crippen LogP contribution in [0.25, 0.3) is 0 Å². The van der Waals surface area contributed by atoms with Crippen molar-refractivity contribution in [3.05, 3.63) is 27.5 Å². The fourth-order valence-electron chi connectivity index (χ4n) is 1.50. The van der Waals surface area contributed by atoms with E-state index in [1.165, 1.54) is 13.2 Å². The van der Waals surface area contributed by atoms with E-state index in [4.69, 9.17) is 4.74 Å². The highest BCUT2D eigenvalue weighted by molar-refractivity contribution is 9.10. The molecule has 0 N–H and O–H groups in total. The van der Waals surface area contributed by atoms with Gasteiger partial charge in [-0.2, -0.15) is 0 Å². The Hall–Kier alpha value is -1.43. The molecule has 4 nitrogen and oxygen atoms in total. The zero-order valence-corrected chi connectivity index (χ0v) is 11.8. The maximum Gasteiger partial charge on any atom is 0.379 e. The second-order valence-electron chi connectivity index (χ2n) is 3.45. The van der Waals surface area contributed by atoms with Crippen molar-refractivity contribution in [2.75, 3.05) is 13.7 Å². The van der Waals surface area contributed by atoms with Gasteiger partial charge in [-0.1, -0.05) is 0 Å². The molecule has 0 aromatic heterocycles. The van der Waals surface area contributed by atoms with Gasteiger partial charge in [-0.25, -0.2) is 9.18 Å². The number of ketones is 1. The molecule has 0 spiro atoms. The summed E-state index contributed by atoms with van der Waals surface area (Å²) in [5, 5.41) is 0. The molecule has 18 heavy (non-hydrogen) atoms. The summed E-state index contributed by atoms with van der Waals surface area (Å²) in [7, 11) is 1.30. The molecule has 1 aromatic carbocycles. The maximum absolute atomic E-state index is 13.9. The van der Waals surface area contributed by atoms with Crippen LogP contribution in [0.15, 0.2) is 10.5 Å². The molecule has 0 saturated carbocycles. The Morgan fingerprint density at radius 1 is 1.44 bits per heavy atom. The monoisotopic (exact) mass is 318 g/mol. The van der Waals surface area contributed by atoms with Gasteiger partial charge in [0.2, 0.25) is 0 Å². The molecule has 0 saturated heterocycles. The first kappa shape index (κ1) is 14.6. The van der Waals surface area contributed by atoms with E-state index in [9.17, 15) is 14.0 Å². The fraction of sp³-hybridized carbons (Fsp3) is 0.333. The van der Waals surface area contributed by atoms with E-state index < -0.39 is 23.1 Å². The van der Waals surface area contributed by atoms with Crippen molar-refractivity contribution in [2.45, 2.75) is 13.8 Å². The first-order valence-corrected chi connectivity index (χ1v) is 5.97. The average Bonchev–Trinajstić information content (AvgIpc) is 2.32. The quantitative estimate of drug-likeness (QED) is 0.486. The van der Waals surface area contributed by atoms with Gasteiger partial charge >= 0.3 is 5.97 Å². The van der Waals surface area contributed by atoms with Crippen molar-refractivity contribution in [1.82, 2.24) is 0 Å². The van der Waals surface area contributed by atoms with Crippen LogP contribution in [0.3, 0.4) is 0 Å². The highest BCUT2D eigenvalue weighted by Gasteiger charge is 2.28. The molecule has 0 aliphatic rings. The van der Waals surface area contributed by atoms with Gasteiger partial charge in [-0.15, -0.1) is 0 Å². The van der Waals surface area contributed by atoms with Gasteiger partial charge < -0.3 is 9.47 Å². The number of Topliss-reactive ketones (excluding diaryl/α,β-unsaturated/α-hetero) is 1. The Kier molecular flexibility index (Phi) is 4.84. The van der Waals surface area contributed by atoms with Gasteiger partial charge in [0.05, 0.1) is 18.2 Å². The molecule has 0 unspecified atom stereocenters. The molecule has 0 aliphatic heterocycles. The molecular formula is C12H12BrFO4. The number of carbonyl (C=O) groups excluding carboxylic acids is 2. The minimum Gasteiger partial charge on any atom is -0.496 e.